The Morgan fingerprint density at radius 1 is 1.70 bits per heavy atom. The summed E-state index contributed by atoms with van der Waals surface area (Å²) in [5, 5.41) is 9.11. The summed E-state index contributed by atoms with van der Waals surface area (Å²) in [5.41, 5.74) is 0.564. The molecule has 54 valence electrons. The van der Waals surface area contributed by atoms with Gasteiger partial charge in [-0.05, 0) is 6.07 Å². The zero-order chi connectivity index (χ0) is 7.56. The van der Waals surface area contributed by atoms with E-state index in [0.717, 1.165) is 0 Å². The highest BCUT2D eigenvalue weighted by atomic mass is 35.5. The molecule has 0 fully saturated rings. The van der Waals surface area contributed by atoms with Crippen molar-refractivity contribution in [1.29, 1.82) is 0 Å². The molecule has 2 nitrogen and oxygen atoms in total. The Morgan fingerprint density at radius 2 is 2.40 bits per heavy atom. The van der Waals surface area contributed by atoms with E-state index in [1.807, 2.05) is 0 Å². The molecule has 10 heavy (non-hydrogen) atoms. The molecule has 4 heteroatoms. The molecule has 2 N–H and O–H groups in total. The SMILES string of the molecule is OCc1[nH]ccc(=S)c1Cl. The Hall–Kier alpha value is -0.380. The van der Waals surface area contributed by atoms with Crippen molar-refractivity contribution in [3.05, 3.63) is 27.5 Å². The number of halogens is 1. The van der Waals surface area contributed by atoms with Crippen LogP contribution in [0.5, 0.6) is 0 Å². The molecule has 0 saturated carbocycles. The lowest BCUT2D eigenvalue weighted by molar-refractivity contribution is 0.277. The molecular formula is C6H6ClNOS. The van der Waals surface area contributed by atoms with Crippen LogP contribution in [0.4, 0.5) is 0 Å². The number of nitrogens with one attached hydrogen (secondary N) is 1. The second-order valence-corrected chi connectivity index (χ2v) is 2.61. The first kappa shape index (κ1) is 7.72. The van der Waals surface area contributed by atoms with Gasteiger partial charge in [0.25, 0.3) is 0 Å². The maximum Gasteiger partial charge on any atom is 0.0846 e. The summed E-state index contributed by atoms with van der Waals surface area (Å²) in [6, 6.07) is 1.68. The molecule has 0 amide bonds. The minimum absolute atomic E-state index is 0.108. The van der Waals surface area contributed by atoms with E-state index in [9.17, 15) is 0 Å². The lowest BCUT2D eigenvalue weighted by Gasteiger charge is -1.97. The van der Waals surface area contributed by atoms with Gasteiger partial charge in [-0.1, -0.05) is 23.8 Å². The van der Waals surface area contributed by atoms with Crippen molar-refractivity contribution in [2.45, 2.75) is 6.61 Å². The summed E-state index contributed by atoms with van der Waals surface area (Å²) in [4.78, 5) is 2.78. The Morgan fingerprint density at radius 3 is 2.90 bits per heavy atom. The van der Waals surface area contributed by atoms with E-state index in [-0.39, 0.29) is 6.61 Å². The van der Waals surface area contributed by atoms with Crippen LogP contribution in [0.1, 0.15) is 5.69 Å². The quantitative estimate of drug-likeness (QED) is 0.640. The minimum atomic E-state index is -0.108. The number of aromatic amines is 1. The topological polar surface area (TPSA) is 36.0 Å². The average Bonchev–Trinajstić information content (AvgIpc) is 1.95. The third kappa shape index (κ3) is 1.37. The Bertz CT molecular complexity index is 283. The van der Waals surface area contributed by atoms with Crippen LogP contribution in [0.2, 0.25) is 5.02 Å². The van der Waals surface area contributed by atoms with Gasteiger partial charge in [0.15, 0.2) is 0 Å². The number of rotatable bonds is 1. The number of hydrogen-bond acceptors (Lipinski definition) is 2. The van der Waals surface area contributed by atoms with Crippen molar-refractivity contribution < 1.29 is 5.11 Å². The van der Waals surface area contributed by atoms with Gasteiger partial charge in [-0.3, -0.25) is 0 Å². The standard InChI is InChI=1S/C6H6ClNOS/c7-6-4(3-9)8-2-1-5(6)10/h1-2,9H,3H2,(H,8,10). The van der Waals surface area contributed by atoms with Gasteiger partial charge < -0.3 is 10.1 Å². The van der Waals surface area contributed by atoms with E-state index in [4.69, 9.17) is 28.9 Å². The van der Waals surface area contributed by atoms with Gasteiger partial charge in [0.1, 0.15) is 0 Å². The van der Waals surface area contributed by atoms with Crippen molar-refractivity contribution >= 4 is 23.8 Å². The zero-order valence-corrected chi connectivity index (χ0v) is 6.67. The van der Waals surface area contributed by atoms with Gasteiger partial charge in [-0.2, -0.15) is 0 Å². The zero-order valence-electron chi connectivity index (χ0n) is 5.10. The molecule has 0 saturated heterocycles. The summed E-state index contributed by atoms with van der Waals surface area (Å²) in [5.74, 6) is 0. The molecule has 0 aromatic carbocycles. The lowest BCUT2D eigenvalue weighted by atomic mass is 10.4. The molecular weight excluding hydrogens is 170 g/mol. The molecule has 0 aliphatic carbocycles. The van der Waals surface area contributed by atoms with Crippen molar-refractivity contribution in [3.63, 3.8) is 0 Å². The summed E-state index contributed by atoms with van der Waals surface area (Å²) >= 11 is 10.5. The number of aliphatic hydroxyl groups is 1. The molecule has 0 radical (unpaired) electrons. The fraction of sp³-hybridized carbons (Fsp3) is 0.167. The van der Waals surface area contributed by atoms with Crippen LogP contribution in [-0.2, 0) is 6.61 Å². The first-order chi connectivity index (χ1) is 4.75. The van der Waals surface area contributed by atoms with Gasteiger partial charge in [0.05, 0.1) is 21.8 Å². The highest BCUT2D eigenvalue weighted by Crippen LogP contribution is 2.13. The van der Waals surface area contributed by atoms with E-state index < -0.39 is 0 Å². The van der Waals surface area contributed by atoms with Crippen LogP contribution in [0, 0.1) is 4.51 Å². The van der Waals surface area contributed by atoms with Crippen LogP contribution in [0.25, 0.3) is 0 Å². The second-order valence-electron chi connectivity index (χ2n) is 1.79. The summed E-state index contributed by atoms with van der Waals surface area (Å²) in [6.45, 7) is -0.108. The van der Waals surface area contributed by atoms with Gasteiger partial charge >= 0.3 is 0 Å². The lowest BCUT2D eigenvalue weighted by Crippen LogP contribution is -1.89. The van der Waals surface area contributed by atoms with Crippen LogP contribution in [0.3, 0.4) is 0 Å². The summed E-state index contributed by atoms with van der Waals surface area (Å²) < 4.78 is 0.560. The van der Waals surface area contributed by atoms with Crippen LogP contribution in [0.15, 0.2) is 12.3 Å². The van der Waals surface area contributed by atoms with Gasteiger partial charge in [-0.15, -0.1) is 0 Å². The molecule has 1 aromatic heterocycles. The highest BCUT2D eigenvalue weighted by molar-refractivity contribution is 7.71. The van der Waals surface area contributed by atoms with Crippen molar-refractivity contribution in [1.82, 2.24) is 4.98 Å². The molecule has 0 aliphatic rings. The molecule has 0 unspecified atom stereocenters. The van der Waals surface area contributed by atoms with Crippen molar-refractivity contribution in [2.24, 2.45) is 0 Å². The molecule has 1 aromatic rings. The first-order valence-corrected chi connectivity index (χ1v) is 3.51. The maximum absolute atomic E-state index is 8.68. The maximum atomic E-state index is 8.68. The van der Waals surface area contributed by atoms with Gasteiger partial charge in [-0.25, -0.2) is 0 Å². The van der Waals surface area contributed by atoms with Crippen LogP contribution >= 0.6 is 23.8 Å². The fourth-order valence-corrected chi connectivity index (χ4v) is 0.987. The van der Waals surface area contributed by atoms with E-state index in [1.54, 1.807) is 12.3 Å². The molecule has 1 rings (SSSR count). The molecule has 0 bridgehead atoms. The molecule has 1 heterocycles. The summed E-state index contributed by atoms with van der Waals surface area (Å²) in [6.07, 6.45) is 1.65. The Kier molecular flexibility index (Phi) is 2.43. The van der Waals surface area contributed by atoms with Gasteiger partial charge in [0, 0.05) is 6.20 Å². The number of pyridine rings is 1. The third-order valence-corrected chi connectivity index (χ3v) is 2.02. The fourth-order valence-electron chi connectivity index (χ4n) is 0.618. The number of H-pyrrole nitrogens is 1. The van der Waals surface area contributed by atoms with Crippen LogP contribution in [-0.4, -0.2) is 10.1 Å². The van der Waals surface area contributed by atoms with Gasteiger partial charge in [0.2, 0.25) is 0 Å². The smallest absolute Gasteiger partial charge is 0.0846 e. The predicted molar refractivity (Wildman–Crippen MR) is 42.6 cm³/mol. The van der Waals surface area contributed by atoms with E-state index in [1.165, 1.54) is 0 Å². The number of aliphatic hydroxyl groups excluding tert-OH is 1. The minimum Gasteiger partial charge on any atom is -0.390 e. The van der Waals surface area contributed by atoms with Crippen molar-refractivity contribution in [3.8, 4) is 0 Å². The second kappa shape index (κ2) is 3.14. The van der Waals surface area contributed by atoms with E-state index in [2.05, 4.69) is 4.98 Å². The monoisotopic (exact) mass is 175 g/mol. The van der Waals surface area contributed by atoms with Crippen molar-refractivity contribution in [2.75, 3.05) is 0 Å². The Labute approximate surface area is 68.5 Å². The van der Waals surface area contributed by atoms with Crippen LogP contribution < -0.4 is 0 Å². The van der Waals surface area contributed by atoms with E-state index >= 15 is 0 Å². The largest absolute Gasteiger partial charge is 0.390 e. The third-order valence-electron chi connectivity index (χ3n) is 1.13. The molecule has 0 atom stereocenters. The summed E-state index contributed by atoms with van der Waals surface area (Å²) in [7, 11) is 0. The van der Waals surface area contributed by atoms with E-state index in [0.29, 0.717) is 15.2 Å². The predicted octanol–water partition coefficient (Wildman–Crippen LogP) is 1.89. The molecule has 0 aliphatic heterocycles. The number of hydrogen-bond donors (Lipinski definition) is 2. The highest BCUT2D eigenvalue weighted by Gasteiger charge is 1.97. The Balaban J connectivity index is 3.28. The average molecular weight is 176 g/mol. The number of aromatic nitrogens is 1. The molecule has 0 spiro atoms. The first-order valence-electron chi connectivity index (χ1n) is 2.72. The normalized spacial score (nSPS) is 9.80.